The molecule has 0 fully saturated rings. The second-order valence-electron chi connectivity index (χ2n) is 5.53. The summed E-state index contributed by atoms with van der Waals surface area (Å²) >= 11 is 0. The second kappa shape index (κ2) is 8.31. The van der Waals surface area contributed by atoms with Gasteiger partial charge in [-0.15, -0.1) is 0 Å². The van der Waals surface area contributed by atoms with Crippen molar-refractivity contribution in [3.63, 3.8) is 0 Å². The van der Waals surface area contributed by atoms with Crippen LogP contribution in [0.15, 0.2) is 30.3 Å². The van der Waals surface area contributed by atoms with Gasteiger partial charge in [0.2, 0.25) is 0 Å². The topological polar surface area (TPSA) is 26.7 Å². The van der Waals surface area contributed by atoms with Crippen molar-refractivity contribution in [2.24, 2.45) is 0 Å². The first-order valence-corrected chi connectivity index (χ1v) is 7.13. The molecule has 19 heavy (non-hydrogen) atoms. The number of benzene rings is 1. The third-order valence-corrected chi connectivity index (χ3v) is 3.66. The molecule has 1 aromatic rings. The van der Waals surface area contributed by atoms with Crippen LogP contribution in [0.1, 0.15) is 25.8 Å². The molecule has 3 nitrogen and oxygen atoms in total. The number of hydrogen-bond acceptors (Lipinski definition) is 3. The SMILES string of the molecule is CCC(C)N(C)CC(O)CN(C)Cc1ccccc1. The molecule has 0 amide bonds. The summed E-state index contributed by atoms with van der Waals surface area (Å²) in [6.07, 6.45) is 0.816. The van der Waals surface area contributed by atoms with E-state index in [9.17, 15) is 5.11 Å². The zero-order chi connectivity index (χ0) is 14.3. The first kappa shape index (κ1) is 16.2. The van der Waals surface area contributed by atoms with Crippen LogP contribution in [0.4, 0.5) is 0 Å². The molecule has 0 saturated carbocycles. The lowest BCUT2D eigenvalue weighted by Crippen LogP contribution is -2.40. The molecule has 3 heteroatoms. The van der Waals surface area contributed by atoms with E-state index >= 15 is 0 Å². The van der Waals surface area contributed by atoms with Crippen molar-refractivity contribution in [3.8, 4) is 0 Å². The summed E-state index contributed by atoms with van der Waals surface area (Å²) in [4.78, 5) is 4.39. The van der Waals surface area contributed by atoms with E-state index in [1.165, 1.54) is 5.56 Å². The van der Waals surface area contributed by atoms with Gasteiger partial charge >= 0.3 is 0 Å². The van der Waals surface area contributed by atoms with Crippen molar-refractivity contribution in [2.75, 3.05) is 27.2 Å². The minimum Gasteiger partial charge on any atom is -0.390 e. The summed E-state index contributed by atoms with van der Waals surface area (Å²) in [6, 6.07) is 10.9. The van der Waals surface area contributed by atoms with Gasteiger partial charge in [-0.25, -0.2) is 0 Å². The smallest absolute Gasteiger partial charge is 0.0793 e. The number of nitrogens with zero attached hydrogens (tertiary/aromatic N) is 2. The molecule has 2 unspecified atom stereocenters. The normalized spacial score (nSPS) is 14.9. The van der Waals surface area contributed by atoms with Crippen LogP contribution in [0.2, 0.25) is 0 Å². The van der Waals surface area contributed by atoms with E-state index in [0.717, 1.165) is 19.5 Å². The van der Waals surface area contributed by atoms with E-state index < -0.39 is 0 Å². The Kier molecular flexibility index (Phi) is 7.06. The first-order chi connectivity index (χ1) is 9.02. The fourth-order valence-corrected chi connectivity index (χ4v) is 2.20. The third-order valence-electron chi connectivity index (χ3n) is 3.66. The molecule has 1 rings (SSSR count). The Bertz CT molecular complexity index is 342. The molecule has 0 saturated heterocycles. The summed E-state index contributed by atoms with van der Waals surface area (Å²) in [7, 11) is 4.13. The van der Waals surface area contributed by atoms with Crippen LogP contribution in [0, 0.1) is 0 Å². The predicted octanol–water partition coefficient (Wildman–Crippen LogP) is 2.21. The van der Waals surface area contributed by atoms with Gasteiger partial charge in [-0.2, -0.15) is 0 Å². The van der Waals surface area contributed by atoms with Crippen LogP contribution in [-0.4, -0.2) is 54.2 Å². The first-order valence-electron chi connectivity index (χ1n) is 7.13. The largest absolute Gasteiger partial charge is 0.390 e. The molecule has 0 aliphatic rings. The monoisotopic (exact) mass is 264 g/mol. The number of aliphatic hydroxyl groups is 1. The lowest BCUT2D eigenvalue weighted by molar-refractivity contribution is 0.0761. The van der Waals surface area contributed by atoms with Gasteiger partial charge in [0, 0.05) is 25.7 Å². The maximum Gasteiger partial charge on any atom is 0.0793 e. The van der Waals surface area contributed by atoms with Crippen LogP contribution >= 0.6 is 0 Å². The molecule has 2 atom stereocenters. The van der Waals surface area contributed by atoms with Crippen LogP contribution in [0.3, 0.4) is 0 Å². The lowest BCUT2D eigenvalue weighted by atomic mass is 10.2. The van der Waals surface area contributed by atoms with Crippen LogP contribution in [0.5, 0.6) is 0 Å². The Morgan fingerprint density at radius 3 is 2.32 bits per heavy atom. The molecular formula is C16H28N2O. The summed E-state index contributed by atoms with van der Waals surface area (Å²) in [5.74, 6) is 0. The predicted molar refractivity (Wildman–Crippen MR) is 81.2 cm³/mol. The van der Waals surface area contributed by atoms with E-state index in [-0.39, 0.29) is 6.10 Å². The minimum atomic E-state index is -0.298. The molecule has 0 aromatic heterocycles. The summed E-state index contributed by atoms with van der Waals surface area (Å²) in [5.41, 5.74) is 1.28. The average molecular weight is 264 g/mol. The van der Waals surface area contributed by atoms with E-state index in [1.807, 2.05) is 6.07 Å². The van der Waals surface area contributed by atoms with Crippen LogP contribution in [-0.2, 0) is 6.54 Å². The molecule has 0 heterocycles. The number of aliphatic hydroxyl groups excluding tert-OH is 1. The highest BCUT2D eigenvalue weighted by atomic mass is 16.3. The zero-order valence-corrected chi connectivity index (χ0v) is 12.7. The van der Waals surface area contributed by atoms with Gasteiger partial charge in [0.05, 0.1) is 6.10 Å². The Balaban J connectivity index is 2.33. The molecule has 1 N–H and O–H groups in total. The van der Waals surface area contributed by atoms with Gasteiger partial charge < -0.3 is 10.0 Å². The molecule has 1 aromatic carbocycles. The highest BCUT2D eigenvalue weighted by molar-refractivity contribution is 5.14. The molecule has 0 aliphatic heterocycles. The van der Waals surface area contributed by atoms with E-state index in [0.29, 0.717) is 12.6 Å². The van der Waals surface area contributed by atoms with Gasteiger partial charge in [-0.3, -0.25) is 4.90 Å². The van der Waals surface area contributed by atoms with Crippen molar-refractivity contribution in [3.05, 3.63) is 35.9 Å². The van der Waals surface area contributed by atoms with Crippen molar-refractivity contribution < 1.29 is 5.11 Å². The van der Waals surface area contributed by atoms with E-state index in [4.69, 9.17) is 0 Å². The lowest BCUT2D eigenvalue weighted by Gasteiger charge is -2.28. The van der Waals surface area contributed by atoms with Gasteiger partial charge in [-0.05, 0) is 33.0 Å². The van der Waals surface area contributed by atoms with Crippen molar-refractivity contribution in [1.29, 1.82) is 0 Å². The highest BCUT2D eigenvalue weighted by Gasteiger charge is 2.14. The van der Waals surface area contributed by atoms with E-state index in [2.05, 4.69) is 62.0 Å². The zero-order valence-electron chi connectivity index (χ0n) is 12.7. The Morgan fingerprint density at radius 2 is 1.74 bits per heavy atom. The van der Waals surface area contributed by atoms with Gasteiger partial charge in [0.1, 0.15) is 0 Å². The molecular weight excluding hydrogens is 236 g/mol. The van der Waals surface area contributed by atoms with Crippen LogP contribution < -0.4 is 0 Å². The average Bonchev–Trinajstić information content (AvgIpc) is 2.38. The highest BCUT2D eigenvalue weighted by Crippen LogP contribution is 2.05. The quantitative estimate of drug-likeness (QED) is 0.780. The summed E-state index contributed by atoms with van der Waals surface area (Å²) in [6.45, 7) is 6.68. The Labute approximate surface area is 117 Å². The molecule has 0 aliphatic carbocycles. The van der Waals surface area contributed by atoms with E-state index in [1.54, 1.807) is 0 Å². The standard InChI is InChI=1S/C16H28N2O/c1-5-14(2)18(4)13-16(19)12-17(3)11-15-9-7-6-8-10-15/h6-10,14,16,19H,5,11-13H2,1-4H3. The molecule has 108 valence electrons. The summed E-state index contributed by atoms with van der Waals surface area (Å²) in [5, 5.41) is 10.1. The van der Waals surface area contributed by atoms with Crippen LogP contribution in [0.25, 0.3) is 0 Å². The number of hydrogen-bond donors (Lipinski definition) is 1. The molecule has 0 radical (unpaired) electrons. The van der Waals surface area contributed by atoms with Crippen molar-refractivity contribution in [2.45, 2.75) is 39.0 Å². The maximum atomic E-state index is 10.1. The van der Waals surface area contributed by atoms with Gasteiger partial charge in [0.25, 0.3) is 0 Å². The molecule has 0 bridgehead atoms. The fourth-order valence-electron chi connectivity index (χ4n) is 2.20. The third kappa shape index (κ3) is 6.19. The van der Waals surface area contributed by atoms with Gasteiger partial charge in [-0.1, -0.05) is 37.3 Å². The summed E-state index contributed by atoms with van der Waals surface area (Å²) < 4.78 is 0. The number of likely N-dealkylation sites (N-methyl/N-ethyl adjacent to an activating group) is 2. The van der Waals surface area contributed by atoms with Crippen molar-refractivity contribution in [1.82, 2.24) is 9.80 Å². The Hall–Kier alpha value is -0.900. The Morgan fingerprint density at radius 1 is 1.11 bits per heavy atom. The van der Waals surface area contributed by atoms with Crippen molar-refractivity contribution >= 4 is 0 Å². The maximum absolute atomic E-state index is 10.1. The second-order valence-corrected chi connectivity index (χ2v) is 5.53. The number of rotatable bonds is 8. The van der Waals surface area contributed by atoms with Gasteiger partial charge in [0.15, 0.2) is 0 Å². The molecule has 0 spiro atoms. The minimum absolute atomic E-state index is 0.298. The fraction of sp³-hybridized carbons (Fsp3) is 0.625.